The lowest BCUT2D eigenvalue weighted by Gasteiger charge is -2.16. The zero-order valence-corrected chi connectivity index (χ0v) is 10.8. The number of imidazole rings is 1. The van der Waals surface area contributed by atoms with Crippen LogP contribution in [0.4, 0.5) is 4.39 Å². The molecule has 0 saturated carbocycles. The van der Waals surface area contributed by atoms with Gasteiger partial charge >= 0.3 is 0 Å². The van der Waals surface area contributed by atoms with Gasteiger partial charge in [-0.05, 0) is 41.8 Å². The van der Waals surface area contributed by atoms with E-state index >= 15 is 0 Å². The van der Waals surface area contributed by atoms with Gasteiger partial charge in [-0.3, -0.25) is 0 Å². The van der Waals surface area contributed by atoms with Crippen molar-refractivity contribution in [2.45, 2.75) is 13.0 Å². The van der Waals surface area contributed by atoms with Crippen LogP contribution in [0.3, 0.4) is 0 Å². The lowest BCUT2D eigenvalue weighted by atomic mass is 10.0. The van der Waals surface area contributed by atoms with Crippen molar-refractivity contribution in [2.75, 3.05) is 6.61 Å². The number of benzene rings is 2. The minimum absolute atomic E-state index is 0.258. The highest BCUT2D eigenvalue weighted by Gasteiger charge is 2.12. The zero-order valence-electron chi connectivity index (χ0n) is 10.8. The topological polar surface area (TPSA) is 37.9 Å². The van der Waals surface area contributed by atoms with Crippen molar-refractivity contribution in [3.05, 3.63) is 53.3 Å². The van der Waals surface area contributed by atoms with Gasteiger partial charge in [0.15, 0.2) is 0 Å². The second-order valence-corrected chi connectivity index (χ2v) is 5.03. The molecular weight excluding hydrogens is 255 g/mol. The maximum Gasteiger partial charge on any atom is 0.138 e. The molecule has 2 aromatic carbocycles. The van der Waals surface area contributed by atoms with Gasteiger partial charge in [-0.25, -0.2) is 9.37 Å². The van der Waals surface area contributed by atoms with Gasteiger partial charge in [0.1, 0.15) is 11.6 Å². The number of ether oxygens (including phenoxy) is 1. The van der Waals surface area contributed by atoms with E-state index in [9.17, 15) is 4.39 Å². The molecule has 100 valence electrons. The van der Waals surface area contributed by atoms with Gasteiger partial charge in [-0.2, -0.15) is 0 Å². The molecular formula is C16H13FN2O. The van der Waals surface area contributed by atoms with Gasteiger partial charge in [0, 0.05) is 5.56 Å². The van der Waals surface area contributed by atoms with Crippen LogP contribution >= 0.6 is 0 Å². The van der Waals surface area contributed by atoms with Crippen LogP contribution in [-0.4, -0.2) is 16.6 Å². The van der Waals surface area contributed by atoms with E-state index in [0.717, 1.165) is 29.9 Å². The predicted octanol–water partition coefficient (Wildman–Crippen LogP) is 3.44. The van der Waals surface area contributed by atoms with Gasteiger partial charge in [0.05, 0.1) is 24.2 Å². The van der Waals surface area contributed by atoms with Crippen molar-refractivity contribution in [2.24, 2.45) is 0 Å². The van der Waals surface area contributed by atoms with Crippen LogP contribution in [-0.2, 0) is 17.8 Å². The summed E-state index contributed by atoms with van der Waals surface area (Å²) in [6.45, 7) is 1.44. The Bertz CT molecular complexity index is 794. The summed E-state index contributed by atoms with van der Waals surface area (Å²) in [5, 5.41) is 0. The Labute approximate surface area is 115 Å². The molecule has 3 nitrogen and oxygen atoms in total. The SMILES string of the molecule is Fc1ccc2nc(-c3ccc4c(c3)COCC4)[nH]c2c1. The summed E-state index contributed by atoms with van der Waals surface area (Å²) in [7, 11) is 0. The summed E-state index contributed by atoms with van der Waals surface area (Å²) >= 11 is 0. The summed E-state index contributed by atoms with van der Waals surface area (Å²) in [4.78, 5) is 7.68. The fourth-order valence-corrected chi connectivity index (χ4v) is 2.63. The smallest absolute Gasteiger partial charge is 0.138 e. The normalized spacial score (nSPS) is 14.4. The van der Waals surface area contributed by atoms with Gasteiger partial charge < -0.3 is 9.72 Å². The Morgan fingerprint density at radius 2 is 2.05 bits per heavy atom. The molecule has 3 aromatic rings. The van der Waals surface area contributed by atoms with Crippen LogP contribution < -0.4 is 0 Å². The molecule has 2 heterocycles. The van der Waals surface area contributed by atoms with Gasteiger partial charge in [-0.1, -0.05) is 12.1 Å². The zero-order chi connectivity index (χ0) is 13.5. The fourth-order valence-electron chi connectivity index (χ4n) is 2.63. The molecule has 0 radical (unpaired) electrons. The standard InChI is InChI=1S/C16H13FN2O/c17-13-3-4-14-15(8-13)19-16(18-14)11-2-1-10-5-6-20-9-12(10)7-11/h1-4,7-8H,5-6,9H2,(H,18,19). The van der Waals surface area contributed by atoms with E-state index in [-0.39, 0.29) is 5.82 Å². The Morgan fingerprint density at radius 1 is 1.10 bits per heavy atom. The van der Waals surface area contributed by atoms with Crippen LogP contribution in [0.15, 0.2) is 36.4 Å². The number of aromatic nitrogens is 2. The van der Waals surface area contributed by atoms with Gasteiger partial charge in [0.2, 0.25) is 0 Å². The molecule has 0 saturated heterocycles. The molecule has 1 aliphatic heterocycles. The maximum absolute atomic E-state index is 13.2. The second kappa shape index (κ2) is 4.42. The van der Waals surface area contributed by atoms with Crippen molar-refractivity contribution >= 4 is 11.0 Å². The Balaban J connectivity index is 1.82. The van der Waals surface area contributed by atoms with Crippen molar-refractivity contribution in [1.82, 2.24) is 9.97 Å². The molecule has 0 aliphatic carbocycles. The number of aromatic amines is 1. The van der Waals surface area contributed by atoms with Crippen molar-refractivity contribution in [3.63, 3.8) is 0 Å². The molecule has 4 rings (SSSR count). The third-order valence-electron chi connectivity index (χ3n) is 3.70. The van der Waals surface area contributed by atoms with E-state index in [1.54, 1.807) is 6.07 Å². The number of hydrogen-bond acceptors (Lipinski definition) is 2. The molecule has 1 aliphatic rings. The van der Waals surface area contributed by atoms with E-state index in [1.807, 2.05) is 0 Å². The van der Waals surface area contributed by atoms with Crippen LogP contribution in [0.1, 0.15) is 11.1 Å². The lowest BCUT2D eigenvalue weighted by molar-refractivity contribution is 0.111. The number of fused-ring (bicyclic) bond motifs is 2. The van der Waals surface area contributed by atoms with Gasteiger partial charge in [0.25, 0.3) is 0 Å². The molecule has 1 aromatic heterocycles. The van der Waals surface area contributed by atoms with Crippen LogP contribution in [0.25, 0.3) is 22.4 Å². The molecule has 4 heteroatoms. The second-order valence-electron chi connectivity index (χ2n) is 5.03. The molecule has 0 unspecified atom stereocenters. The monoisotopic (exact) mass is 268 g/mol. The third kappa shape index (κ3) is 1.89. The fraction of sp³-hybridized carbons (Fsp3) is 0.188. The highest BCUT2D eigenvalue weighted by molar-refractivity contribution is 5.79. The van der Waals surface area contributed by atoms with Crippen LogP contribution in [0.5, 0.6) is 0 Å². The number of nitrogens with zero attached hydrogens (tertiary/aromatic N) is 1. The Hall–Kier alpha value is -2.20. The highest BCUT2D eigenvalue weighted by Crippen LogP contribution is 2.25. The Morgan fingerprint density at radius 3 is 3.00 bits per heavy atom. The molecule has 0 amide bonds. The quantitative estimate of drug-likeness (QED) is 0.734. The summed E-state index contributed by atoms with van der Waals surface area (Å²) in [6, 6.07) is 10.9. The van der Waals surface area contributed by atoms with E-state index < -0.39 is 0 Å². The van der Waals surface area contributed by atoms with E-state index in [4.69, 9.17) is 4.74 Å². The summed E-state index contributed by atoms with van der Waals surface area (Å²) in [5.74, 6) is 0.505. The average molecular weight is 268 g/mol. The largest absolute Gasteiger partial charge is 0.376 e. The maximum atomic E-state index is 13.2. The number of H-pyrrole nitrogens is 1. The highest BCUT2D eigenvalue weighted by atomic mass is 19.1. The van der Waals surface area contributed by atoms with Crippen molar-refractivity contribution in [3.8, 4) is 11.4 Å². The number of rotatable bonds is 1. The Kier molecular flexibility index (Phi) is 2.57. The van der Waals surface area contributed by atoms with E-state index in [0.29, 0.717) is 12.1 Å². The van der Waals surface area contributed by atoms with Gasteiger partial charge in [-0.15, -0.1) is 0 Å². The van der Waals surface area contributed by atoms with E-state index in [1.165, 1.54) is 23.3 Å². The molecule has 0 fully saturated rings. The van der Waals surface area contributed by atoms with Crippen molar-refractivity contribution < 1.29 is 9.13 Å². The number of halogens is 1. The first-order valence-corrected chi connectivity index (χ1v) is 6.65. The molecule has 0 bridgehead atoms. The number of nitrogens with one attached hydrogen (secondary N) is 1. The summed E-state index contributed by atoms with van der Waals surface area (Å²) < 4.78 is 18.7. The van der Waals surface area contributed by atoms with Crippen LogP contribution in [0.2, 0.25) is 0 Å². The molecule has 20 heavy (non-hydrogen) atoms. The predicted molar refractivity (Wildman–Crippen MR) is 74.8 cm³/mol. The van der Waals surface area contributed by atoms with Crippen LogP contribution in [0, 0.1) is 5.82 Å². The molecule has 1 N–H and O–H groups in total. The summed E-state index contributed by atoms with van der Waals surface area (Å²) in [5.41, 5.74) is 5.04. The lowest BCUT2D eigenvalue weighted by Crippen LogP contribution is -2.09. The first-order valence-electron chi connectivity index (χ1n) is 6.65. The minimum Gasteiger partial charge on any atom is -0.376 e. The summed E-state index contributed by atoms with van der Waals surface area (Å²) in [6.07, 6.45) is 0.959. The minimum atomic E-state index is -0.258. The van der Waals surface area contributed by atoms with E-state index in [2.05, 4.69) is 28.2 Å². The average Bonchev–Trinajstić information content (AvgIpc) is 2.89. The molecule has 0 spiro atoms. The van der Waals surface area contributed by atoms with Crippen molar-refractivity contribution in [1.29, 1.82) is 0 Å². The first kappa shape index (κ1) is 11.6. The number of hydrogen-bond donors (Lipinski definition) is 1. The first-order chi connectivity index (χ1) is 9.79. The molecule has 0 atom stereocenters. The third-order valence-corrected chi connectivity index (χ3v) is 3.70.